The third-order valence-electron chi connectivity index (χ3n) is 4.17. The average molecular weight is 253 g/mol. The Balaban J connectivity index is 1.72. The predicted molar refractivity (Wildman–Crippen MR) is 68.8 cm³/mol. The van der Waals surface area contributed by atoms with E-state index in [0.29, 0.717) is 25.3 Å². The Morgan fingerprint density at radius 3 is 2.22 bits per heavy atom. The molecule has 2 fully saturated rings. The van der Waals surface area contributed by atoms with Gasteiger partial charge >= 0.3 is 0 Å². The van der Waals surface area contributed by atoms with Gasteiger partial charge in [-0.2, -0.15) is 0 Å². The molecule has 0 spiro atoms. The molecule has 0 aromatic carbocycles. The van der Waals surface area contributed by atoms with E-state index >= 15 is 0 Å². The van der Waals surface area contributed by atoms with Crippen LogP contribution in [0.2, 0.25) is 0 Å². The summed E-state index contributed by atoms with van der Waals surface area (Å²) in [6.07, 6.45) is 3.04. The Kier molecular flexibility index (Phi) is 4.35. The van der Waals surface area contributed by atoms with Crippen molar-refractivity contribution in [3.63, 3.8) is 0 Å². The van der Waals surface area contributed by atoms with Gasteiger partial charge in [0.2, 0.25) is 11.8 Å². The van der Waals surface area contributed by atoms with Gasteiger partial charge in [-0.1, -0.05) is 0 Å². The van der Waals surface area contributed by atoms with Crippen LogP contribution in [-0.4, -0.2) is 53.8 Å². The molecule has 0 aromatic heterocycles. The summed E-state index contributed by atoms with van der Waals surface area (Å²) < 4.78 is 0. The normalized spacial score (nSPS) is 24.9. The standard InChI is InChI=1S/C13H23N3O2/c1-10(14)11-4-6-15(7-5-11)8-9-16-12(17)2-3-13(16)18/h10-11H,2-9,14H2,1H3. The molecule has 5 nitrogen and oxygen atoms in total. The SMILES string of the molecule is CC(N)C1CCN(CCN2C(=O)CCC2=O)CC1. The van der Waals surface area contributed by atoms with Gasteiger partial charge in [0.25, 0.3) is 0 Å². The summed E-state index contributed by atoms with van der Waals surface area (Å²) in [4.78, 5) is 26.7. The van der Waals surface area contributed by atoms with Gasteiger partial charge in [-0.05, 0) is 38.8 Å². The number of likely N-dealkylation sites (tertiary alicyclic amines) is 2. The molecule has 1 unspecified atom stereocenters. The summed E-state index contributed by atoms with van der Waals surface area (Å²) in [7, 11) is 0. The molecule has 2 N–H and O–H groups in total. The summed E-state index contributed by atoms with van der Waals surface area (Å²) in [6.45, 7) is 5.50. The van der Waals surface area contributed by atoms with Gasteiger partial charge < -0.3 is 10.6 Å². The monoisotopic (exact) mass is 253 g/mol. The second kappa shape index (κ2) is 5.80. The second-order valence-corrected chi connectivity index (χ2v) is 5.48. The molecule has 0 aromatic rings. The zero-order valence-corrected chi connectivity index (χ0v) is 11.1. The van der Waals surface area contributed by atoms with Gasteiger partial charge in [0.1, 0.15) is 0 Å². The Morgan fingerprint density at radius 1 is 1.17 bits per heavy atom. The lowest BCUT2D eigenvalue weighted by molar-refractivity contribution is -0.138. The highest BCUT2D eigenvalue weighted by Crippen LogP contribution is 2.19. The number of rotatable bonds is 4. The van der Waals surface area contributed by atoms with Gasteiger partial charge in [-0.15, -0.1) is 0 Å². The van der Waals surface area contributed by atoms with Crippen LogP contribution in [0.5, 0.6) is 0 Å². The van der Waals surface area contributed by atoms with Gasteiger partial charge in [0, 0.05) is 32.0 Å². The molecule has 1 atom stereocenters. The summed E-state index contributed by atoms with van der Waals surface area (Å²) in [5, 5.41) is 0. The van der Waals surface area contributed by atoms with Gasteiger partial charge in [0.15, 0.2) is 0 Å². The van der Waals surface area contributed by atoms with Crippen LogP contribution < -0.4 is 5.73 Å². The Labute approximate surface area is 108 Å². The molecule has 0 aliphatic carbocycles. The molecule has 102 valence electrons. The van der Waals surface area contributed by atoms with E-state index in [9.17, 15) is 9.59 Å². The maximum Gasteiger partial charge on any atom is 0.229 e. The fourth-order valence-corrected chi connectivity index (χ4v) is 2.82. The van der Waals surface area contributed by atoms with E-state index in [1.54, 1.807) is 0 Å². The van der Waals surface area contributed by atoms with E-state index in [2.05, 4.69) is 11.8 Å². The molecule has 18 heavy (non-hydrogen) atoms. The molecule has 2 rings (SSSR count). The van der Waals surface area contributed by atoms with Crippen LogP contribution in [0.4, 0.5) is 0 Å². The third kappa shape index (κ3) is 3.09. The summed E-state index contributed by atoms with van der Waals surface area (Å²) in [5.74, 6) is 0.604. The lowest BCUT2D eigenvalue weighted by Gasteiger charge is -2.34. The minimum absolute atomic E-state index is 0.00883. The first-order valence-corrected chi connectivity index (χ1v) is 6.89. The van der Waals surface area contributed by atoms with Crippen molar-refractivity contribution >= 4 is 11.8 Å². The number of hydrogen-bond acceptors (Lipinski definition) is 4. The minimum atomic E-state index is -0.00883. The zero-order chi connectivity index (χ0) is 13.1. The highest BCUT2D eigenvalue weighted by Gasteiger charge is 2.29. The predicted octanol–water partition coefficient (Wildman–Crippen LogP) is 0.195. The number of piperidine rings is 1. The molecule has 5 heteroatoms. The number of imide groups is 1. The molecule has 2 saturated heterocycles. The maximum absolute atomic E-state index is 11.5. The summed E-state index contributed by atoms with van der Waals surface area (Å²) in [6, 6.07) is 0.272. The van der Waals surface area contributed by atoms with E-state index in [0.717, 1.165) is 32.5 Å². The largest absolute Gasteiger partial charge is 0.328 e. The van der Waals surface area contributed by atoms with Crippen LogP contribution in [0.3, 0.4) is 0 Å². The maximum atomic E-state index is 11.5. The van der Waals surface area contributed by atoms with Crippen molar-refractivity contribution < 1.29 is 9.59 Å². The van der Waals surface area contributed by atoms with Crippen LogP contribution in [0.1, 0.15) is 32.6 Å². The van der Waals surface area contributed by atoms with Crippen LogP contribution in [0.25, 0.3) is 0 Å². The van der Waals surface area contributed by atoms with E-state index < -0.39 is 0 Å². The molecule has 0 bridgehead atoms. The first-order valence-electron chi connectivity index (χ1n) is 6.89. The quantitative estimate of drug-likeness (QED) is 0.727. The highest BCUT2D eigenvalue weighted by molar-refractivity contribution is 6.01. The second-order valence-electron chi connectivity index (χ2n) is 5.48. The highest BCUT2D eigenvalue weighted by atomic mass is 16.2. The number of nitrogens with zero attached hydrogens (tertiary/aromatic N) is 2. The minimum Gasteiger partial charge on any atom is -0.328 e. The topological polar surface area (TPSA) is 66.6 Å². The van der Waals surface area contributed by atoms with Crippen LogP contribution in [0, 0.1) is 5.92 Å². The van der Waals surface area contributed by atoms with Gasteiger partial charge in [-0.3, -0.25) is 14.5 Å². The van der Waals surface area contributed by atoms with Crippen LogP contribution >= 0.6 is 0 Å². The molecule has 0 saturated carbocycles. The van der Waals surface area contributed by atoms with Crippen molar-refractivity contribution in [3.05, 3.63) is 0 Å². The summed E-state index contributed by atoms with van der Waals surface area (Å²) >= 11 is 0. The fourth-order valence-electron chi connectivity index (χ4n) is 2.82. The van der Waals surface area contributed by atoms with Crippen molar-refractivity contribution in [1.29, 1.82) is 0 Å². The molecule has 2 amide bonds. The van der Waals surface area contributed by atoms with Crippen molar-refractivity contribution in [2.24, 2.45) is 11.7 Å². The van der Waals surface area contributed by atoms with Crippen molar-refractivity contribution in [2.45, 2.75) is 38.6 Å². The molecule has 0 radical (unpaired) electrons. The lowest BCUT2D eigenvalue weighted by Crippen LogP contribution is -2.43. The number of hydrogen-bond donors (Lipinski definition) is 1. The Morgan fingerprint density at radius 2 is 1.72 bits per heavy atom. The first kappa shape index (κ1) is 13.5. The average Bonchev–Trinajstić information content (AvgIpc) is 2.67. The van der Waals surface area contributed by atoms with Gasteiger partial charge in [0.05, 0.1) is 0 Å². The number of nitrogens with two attached hydrogens (primary N) is 1. The van der Waals surface area contributed by atoms with E-state index in [-0.39, 0.29) is 17.9 Å². The third-order valence-corrected chi connectivity index (χ3v) is 4.17. The lowest BCUT2D eigenvalue weighted by atomic mass is 9.91. The van der Waals surface area contributed by atoms with Gasteiger partial charge in [-0.25, -0.2) is 0 Å². The smallest absolute Gasteiger partial charge is 0.229 e. The Bertz CT molecular complexity index is 306. The van der Waals surface area contributed by atoms with E-state index in [1.165, 1.54) is 4.90 Å². The summed E-state index contributed by atoms with van der Waals surface area (Å²) in [5.41, 5.74) is 5.91. The van der Waals surface area contributed by atoms with Crippen LogP contribution in [-0.2, 0) is 9.59 Å². The number of carbonyl (C=O) groups is 2. The molecular weight excluding hydrogens is 230 g/mol. The van der Waals surface area contributed by atoms with E-state index in [1.807, 2.05) is 0 Å². The zero-order valence-electron chi connectivity index (χ0n) is 11.1. The van der Waals surface area contributed by atoms with Crippen LogP contribution in [0.15, 0.2) is 0 Å². The molecule has 2 heterocycles. The van der Waals surface area contributed by atoms with E-state index in [4.69, 9.17) is 5.73 Å². The first-order chi connectivity index (χ1) is 8.58. The van der Waals surface area contributed by atoms with Crippen molar-refractivity contribution in [2.75, 3.05) is 26.2 Å². The molecule has 2 aliphatic heterocycles. The van der Waals surface area contributed by atoms with Crippen molar-refractivity contribution in [3.8, 4) is 0 Å². The number of amides is 2. The molecule has 2 aliphatic rings. The number of carbonyl (C=O) groups excluding carboxylic acids is 2. The Hall–Kier alpha value is -0.940. The fraction of sp³-hybridized carbons (Fsp3) is 0.846. The molecular formula is C13H23N3O2. The van der Waals surface area contributed by atoms with Crippen molar-refractivity contribution in [1.82, 2.24) is 9.80 Å².